The highest BCUT2D eigenvalue weighted by Gasteiger charge is 2.08. The molecule has 0 radical (unpaired) electrons. The van der Waals surface area contributed by atoms with Crippen molar-refractivity contribution in [2.24, 2.45) is 0 Å². The van der Waals surface area contributed by atoms with Crippen LogP contribution in [0, 0.1) is 5.82 Å². The predicted octanol–water partition coefficient (Wildman–Crippen LogP) is 3.89. The van der Waals surface area contributed by atoms with Gasteiger partial charge in [-0.2, -0.15) is 0 Å². The molecule has 1 N–H and O–H groups in total. The van der Waals surface area contributed by atoms with Gasteiger partial charge in [0.05, 0.1) is 6.20 Å². The van der Waals surface area contributed by atoms with Gasteiger partial charge in [0.15, 0.2) is 0 Å². The van der Waals surface area contributed by atoms with E-state index in [9.17, 15) is 4.39 Å². The van der Waals surface area contributed by atoms with Gasteiger partial charge in [0.1, 0.15) is 11.6 Å². The molecule has 0 saturated carbocycles. The zero-order chi connectivity index (χ0) is 13.7. The van der Waals surface area contributed by atoms with Crippen LogP contribution in [0.1, 0.15) is 12.5 Å². The minimum atomic E-state index is -0.365. The van der Waals surface area contributed by atoms with Crippen LogP contribution >= 0.6 is 15.9 Å². The maximum Gasteiger partial charge on any atom is 0.223 e. The molecule has 100 valence electrons. The monoisotopic (exact) mass is 324 g/mol. The highest BCUT2D eigenvalue weighted by atomic mass is 79.9. The molecule has 19 heavy (non-hydrogen) atoms. The third-order valence-corrected chi connectivity index (χ3v) is 3.01. The normalized spacial score (nSPS) is 10.5. The molecule has 3 nitrogen and oxygen atoms in total. The Kier molecular flexibility index (Phi) is 4.87. The third kappa shape index (κ3) is 4.01. The zero-order valence-corrected chi connectivity index (χ0v) is 12.1. The molecule has 1 aromatic carbocycles. The number of pyridine rings is 1. The van der Waals surface area contributed by atoms with Crippen LogP contribution in [-0.2, 0) is 6.54 Å². The minimum absolute atomic E-state index is 0.365. The molecule has 5 heteroatoms. The van der Waals surface area contributed by atoms with Crippen molar-refractivity contribution in [3.63, 3.8) is 0 Å². The van der Waals surface area contributed by atoms with Gasteiger partial charge >= 0.3 is 0 Å². The molecular formula is C14H14BrFN2O. The number of halogens is 2. The maximum atomic E-state index is 13.2. The summed E-state index contributed by atoms with van der Waals surface area (Å²) in [5, 5.41) is 3.13. The maximum absolute atomic E-state index is 13.2. The summed E-state index contributed by atoms with van der Waals surface area (Å²) in [5.74, 6) is 0.723. The predicted molar refractivity (Wildman–Crippen MR) is 75.8 cm³/mol. The number of nitrogens with one attached hydrogen (secondary N) is 1. The van der Waals surface area contributed by atoms with Crippen LogP contribution in [-0.4, -0.2) is 11.5 Å². The van der Waals surface area contributed by atoms with Crippen LogP contribution < -0.4 is 10.1 Å². The van der Waals surface area contributed by atoms with Gasteiger partial charge in [-0.1, -0.05) is 22.9 Å². The van der Waals surface area contributed by atoms with Crippen molar-refractivity contribution in [3.8, 4) is 11.6 Å². The number of rotatable bonds is 5. The molecule has 0 fully saturated rings. The molecule has 0 aliphatic rings. The first-order valence-corrected chi connectivity index (χ1v) is 6.77. The van der Waals surface area contributed by atoms with Crippen molar-refractivity contribution in [2.45, 2.75) is 13.5 Å². The summed E-state index contributed by atoms with van der Waals surface area (Å²) >= 11 is 3.36. The van der Waals surface area contributed by atoms with E-state index in [4.69, 9.17) is 4.74 Å². The van der Waals surface area contributed by atoms with Gasteiger partial charge in [-0.15, -0.1) is 0 Å². The van der Waals surface area contributed by atoms with Crippen molar-refractivity contribution in [3.05, 3.63) is 52.4 Å². The van der Waals surface area contributed by atoms with Gasteiger partial charge in [0.25, 0.3) is 0 Å². The van der Waals surface area contributed by atoms with Gasteiger partial charge in [0.2, 0.25) is 5.88 Å². The number of benzene rings is 1. The second-order valence-electron chi connectivity index (χ2n) is 3.95. The Morgan fingerprint density at radius 3 is 2.74 bits per heavy atom. The van der Waals surface area contributed by atoms with E-state index in [1.807, 2.05) is 31.2 Å². The molecule has 0 amide bonds. The average molecular weight is 325 g/mol. The molecule has 0 spiro atoms. The van der Waals surface area contributed by atoms with Crippen LogP contribution in [0.3, 0.4) is 0 Å². The van der Waals surface area contributed by atoms with E-state index in [1.54, 1.807) is 0 Å². The van der Waals surface area contributed by atoms with E-state index in [-0.39, 0.29) is 5.82 Å². The Hall–Kier alpha value is -1.46. The molecule has 2 rings (SSSR count). The smallest absolute Gasteiger partial charge is 0.223 e. The Morgan fingerprint density at radius 2 is 2.05 bits per heavy atom. The zero-order valence-electron chi connectivity index (χ0n) is 10.5. The first kappa shape index (κ1) is 14.0. The standard InChI is InChI=1S/C14H14BrFN2O/c1-2-17-8-10-7-12(16)9-18-14(10)19-13-5-3-11(15)4-6-13/h3-7,9,17H,2,8H2,1H3. The second-order valence-corrected chi connectivity index (χ2v) is 4.87. The summed E-state index contributed by atoms with van der Waals surface area (Å²) in [6.07, 6.45) is 1.16. The highest BCUT2D eigenvalue weighted by molar-refractivity contribution is 9.10. The molecule has 0 unspecified atom stereocenters. The van der Waals surface area contributed by atoms with Gasteiger partial charge in [-0.05, 0) is 36.9 Å². The molecule has 0 aliphatic heterocycles. The van der Waals surface area contributed by atoms with E-state index >= 15 is 0 Å². The van der Waals surface area contributed by atoms with Crippen molar-refractivity contribution >= 4 is 15.9 Å². The largest absolute Gasteiger partial charge is 0.439 e. The first-order chi connectivity index (χ1) is 9.19. The second kappa shape index (κ2) is 6.63. The van der Waals surface area contributed by atoms with Crippen molar-refractivity contribution in [2.75, 3.05) is 6.54 Å². The molecule has 1 heterocycles. The van der Waals surface area contributed by atoms with E-state index in [0.717, 1.165) is 17.2 Å². The highest BCUT2D eigenvalue weighted by Crippen LogP contribution is 2.25. The van der Waals surface area contributed by atoms with E-state index < -0.39 is 0 Å². The topological polar surface area (TPSA) is 34.2 Å². The number of ether oxygens (including phenoxy) is 1. The molecule has 0 saturated heterocycles. The molecule has 0 aliphatic carbocycles. The summed E-state index contributed by atoms with van der Waals surface area (Å²) in [6.45, 7) is 3.31. The first-order valence-electron chi connectivity index (χ1n) is 5.97. The van der Waals surface area contributed by atoms with Crippen LogP contribution in [0.25, 0.3) is 0 Å². The van der Waals surface area contributed by atoms with E-state index in [0.29, 0.717) is 23.7 Å². The Bertz CT molecular complexity index is 546. The number of aromatic nitrogens is 1. The number of hydrogen-bond acceptors (Lipinski definition) is 3. The van der Waals surface area contributed by atoms with Crippen molar-refractivity contribution < 1.29 is 9.13 Å². The Balaban J connectivity index is 2.20. The van der Waals surface area contributed by atoms with E-state index in [2.05, 4.69) is 26.2 Å². The molecular weight excluding hydrogens is 311 g/mol. The minimum Gasteiger partial charge on any atom is -0.439 e. The number of hydrogen-bond donors (Lipinski definition) is 1. The fraction of sp³-hybridized carbons (Fsp3) is 0.214. The summed E-state index contributed by atoms with van der Waals surface area (Å²) in [4.78, 5) is 4.00. The van der Waals surface area contributed by atoms with Gasteiger partial charge in [-0.25, -0.2) is 9.37 Å². The SMILES string of the molecule is CCNCc1cc(F)cnc1Oc1ccc(Br)cc1. The Morgan fingerprint density at radius 1 is 1.32 bits per heavy atom. The fourth-order valence-corrected chi connectivity index (χ4v) is 1.83. The van der Waals surface area contributed by atoms with Gasteiger partial charge in [0, 0.05) is 16.6 Å². The summed E-state index contributed by atoms with van der Waals surface area (Å²) in [6, 6.07) is 8.84. The lowest BCUT2D eigenvalue weighted by molar-refractivity contribution is 0.449. The third-order valence-electron chi connectivity index (χ3n) is 2.49. The molecule has 0 bridgehead atoms. The van der Waals surface area contributed by atoms with Crippen LogP contribution in [0.5, 0.6) is 11.6 Å². The van der Waals surface area contributed by atoms with Crippen molar-refractivity contribution in [1.82, 2.24) is 10.3 Å². The summed E-state index contributed by atoms with van der Waals surface area (Å²) in [7, 11) is 0. The fourth-order valence-electron chi connectivity index (χ4n) is 1.56. The summed E-state index contributed by atoms with van der Waals surface area (Å²) in [5.41, 5.74) is 0.699. The lowest BCUT2D eigenvalue weighted by atomic mass is 10.2. The average Bonchev–Trinajstić information content (AvgIpc) is 2.41. The Labute approximate surface area is 119 Å². The van der Waals surface area contributed by atoms with Crippen molar-refractivity contribution in [1.29, 1.82) is 0 Å². The van der Waals surface area contributed by atoms with Crippen LogP contribution in [0.4, 0.5) is 4.39 Å². The lowest BCUT2D eigenvalue weighted by Gasteiger charge is -2.10. The lowest BCUT2D eigenvalue weighted by Crippen LogP contribution is -2.13. The van der Waals surface area contributed by atoms with Gasteiger partial charge < -0.3 is 10.1 Å². The quantitative estimate of drug-likeness (QED) is 0.906. The van der Waals surface area contributed by atoms with E-state index in [1.165, 1.54) is 6.07 Å². The summed E-state index contributed by atoms with van der Waals surface area (Å²) < 4.78 is 19.9. The molecule has 2 aromatic rings. The van der Waals surface area contributed by atoms with Crippen LogP contribution in [0.15, 0.2) is 41.0 Å². The molecule has 0 atom stereocenters. The number of nitrogens with zero attached hydrogens (tertiary/aromatic N) is 1. The van der Waals surface area contributed by atoms with Crippen LogP contribution in [0.2, 0.25) is 0 Å². The van der Waals surface area contributed by atoms with Gasteiger partial charge in [-0.3, -0.25) is 0 Å². The molecule has 1 aromatic heterocycles.